The molecule has 13 heteroatoms. The minimum absolute atomic E-state index is 0.0148. The third kappa shape index (κ3) is 9.58. The van der Waals surface area contributed by atoms with Crippen LogP contribution >= 0.6 is 0 Å². The van der Waals surface area contributed by atoms with Crippen molar-refractivity contribution in [3.8, 4) is 11.5 Å². The van der Waals surface area contributed by atoms with Crippen LogP contribution in [0.3, 0.4) is 0 Å². The van der Waals surface area contributed by atoms with E-state index in [1.165, 1.54) is 76.4 Å². The molecule has 0 amide bonds. The van der Waals surface area contributed by atoms with Crippen molar-refractivity contribution >= 4 is 23.7 Å². The van der Waals surface area contributed by atoms with Crippen LogP contribution in [0.25, 0.3) is 0 Å². The van der Waals surface area contributed by atoms with E-state index in [4.69, 9.17) is 9.47 Å². The summed E-state index contributed by atoms with van der Waals surface area (Å²) in [7, 11) is 1.93. The van der Waals surface area contributed by atoms with Crippen LogP contribution in [-0.2, 0) is 40.5 Å². The molecule has 1 spiro atoms. The molecule has 0 unspecified atom stereocenters. The van der Waals surface area contributed by atoms with Gasteiger partial charge in [0.05, 0.1) is 23.4 Å². The predicted octanol–water partition coefficient (Wildman–Crippen LogP) is 8.07. The van der Waals surface area contributed by atoms with Gasteiger partial charge in [0.2, 0.25) is 0 Å². The van der Waals surface area contributed by atoms with Gasteiger partial charge in [-0.1, -0.05) is 103 Å². The number of Topliss-reactive ketones (excluding diaryl/α,β-unsaturated/α-hetero) is 1. The van der Waals surface area contributed by atoms with Crippen LogP contribution in [-0.4, -0.2) is 76.3 Å². The van der Waals surface area contributed by atoms with E-state index in [1.54, 1.807) is 6.07 Å². The van der Waals surface area contributed by atoms with Gasteiger partial charge in [-0.15, -0.1) is 0 Å². The lowest BCUT2D eigenvalue weighted by Gasteiger charge is -2.61. The molecule has 0 saturated carbocycles. The number of alkyl halides is 3. The van der Waals surface area contributed by atoms with Crippen molar-refractivity contribution in [2.24, 2.45) is 5.92 Å². The van der Waals surface area contributed by atoms with Gasteiger partial charge >= 0.3 is 24.1 Å². The Morgan fingerprint density at radius 2 is 1.53 bits per heavy atom. The second-order valence-electron chi connectivity index (χ2n) is 16.1. The first kappa shape index (κ1) is 42.7. The molecule has 0 aromatic heterocycles. The smallest absolute Gasteiger partial charge is 0.491 e. The molecule has 2 aliphatic heterocycles. The summed E-state index contributed by atoms with van der Waals surface area (Å²) < 4.78 is 54.7. The summed E-state index contributed by atoms with van der Waals surface area (Å²) in [6.45, 7) is 2.81. The SMILES string of the molecule is CCCCCCCCCCCCCCCCCC(=O)C[C@@H](CC(=O)OC(=O)C(F)(F)F)C(=O)OC1=CC[C@@]2(O)[C@H]3Cc4ccc(O)c5c4[C@@]2(CCN3C)[C@H]1O5. The number of phenolic OH excluding ortho intramolecular Hbond substituents is 1. The third-order valence-corrected chi connectivity index (χ3v) is 12.3. The van der Waals surface area contributed by atoms with Gasteiger partial charge in [-0.2, -0.15) is 13.2 Å². The molecule has 1 saturated heterocycles. The van der Waals surface area contributed by atoms with Crippen LogP contribution in [0, 0.1) is 5.92 Å². The van der Waals surface area contributed by atoms with Crippen LogP contribution < -0.4 is 4.74 Å². The molecule has 2 N–H and O–H groups in total. The zero-order chi connectivity index (χ0) is 39.8. The Morgan fingerprint density at radius 1 is 0.927 bits per heavy atom. The Balaban J connectivity index is 1.16. The van der Waals surface area contributed by atoms with Crippen molar-refractivity contribution in [3.05, 3.63) is 35.1 Å². The molecule has 4 aliphatic rings. The van der Waals surface area contributed by atoms with Gasteiger partial charge in [0.1, 0.15) is 11.5 Å². The number of benzene rings is 1. The van der Waals surface area contributed by atoms with Gasteiger partial charge in [0, 0.05) is 30.9 Å². The predicted molar refractivity (Wildman–Crippen MR) is 197 cm³/mol. The van der Waals surface area contributed by atoms with E-state index in [-0.39, 0.29) is 41.9 Å². The molecule has 1 aromatic rings. The molecular weight excluding hydrogens is 719 g/mol. The number of unbranched alkanes of at least 4 members (excludes halogenated alkanes) is 14. The number of aliphatic hydroxyl groups is 1. The van der Waals surface area contributed by atoms with Crippen LogP contribution in [0.1, 0.15) is 146 Å². The number of rotatable bonds is 22. The molecule has 2 aliphatic carbocycles. The fraction of sp³-hybridized carbons (Fsp3) is 0.714. The van der Waals surface area contributed by atoms with Gasteiger partial charge in [0.25, 0.3) is 0 Å². The van der Waals surface area contributed by atoms with Gasteiger partial charge in [0.15, 0.2) is 17.6 Å². The highest BCUT2D eigenvalue weighted by Crippen LogP contribution is 2.65. The number of hydrogen-bond acceptors (Lipinski definition) is 10. The molecule has 0 radical (unpaired) electrons. The number of ketones is 1. The summed E-state index contributed by atoms with van der Waals surface area (Å²) in [6, 6.07) is 3.02. The van der Waals surface area contributed by atoms with Crippen LogP contribution in [0.15, 0.2) is 24.0 Å². The van der Waals surface area contributed by atoms with E-state index in [1.807, 2.05) is 7.05 Å². The van der Waals surface area contributed by atoms with Gasteiger partial charge in [-0.25, -0.2) is 4.79 Å². The average molecular weight is 778 g/mol. The van der Waals surface area contributed by atoms with E-state index < -0.39 is 60.0 Å². The second-order valence-corrected chi connectivity index (χ2v) is 16.1. The number of nitrogens with zero attached hydrogens (tertiary/aromatic N) is 1. The highest BCUT2D eigenvalue weighted by molar-refractivity contribution is 5.92. The number of piperidine rings is 1. The molecular formula is C42H58F3NO9. The molecule has 1 aromatic carbocycles. The lowest BCUT2D eigenvalue weighted by atomic mass is 9.50. The summed E-state index contributed by atoms with van der Waals surface area (Å²) in [6.07, 6.45) is 12.0. The highest BCUT2D eigenvalue weighted by Gasteiger charge is 2.72. The van der Waals surface area contributed by atoms with Crippen LogP contribution in [0.5, 0.6) is 11.5 Å². The summed E-state index contributed by atoms with van der Waals surface area (Å²) in [5, 5.41) is 23.1. The van der Waals surface area contributed by atoms with Gasteiger partial charge in [-0.05, 0) is 50.6 Å². The summed E-state index contributed by atoms with van der Waals surface area (Å²) in [5.74, 6) is -7.24. The van der Waals surface area contributed by atoms with Gasteiger partial charge < -0.3 is 29.3 Å². The number of phenols is 1. The molecule has 2 bridgehead atoms. The molecule has 5 atom stereocenters. The summed E-state index contributed by atoms with van der Waals surface area (Å²) >= 11 is 0. The number of esters is 3. The van der Waals surface area contributed by atoms with Gasteiger partial charge in [-0.3, -0.25) is 14.4 Å². The minimum atomic E-state index is -5.43. The number of likely N-dealkylation sites (tertiary alicyclic amines) is 1. The standard InChI is InChI=1S/C42H58F3NO9/c1-3-4-5-6-7-8-9-10-11-12-13-14-15-16-17-18-30(47)25-29(27-34(49)54-39(51)42(43,44)45)38(50)53-32-21-22-41(52)33-26-28-19-20-31(48)36-35(28)40(41,37(32)55-36)23-24-46(33)2/h19-21,29,33,37,48,52H,3-18,22-27H2,1-2H3/t29-,33+,37-,40-,41+/m0/s1. The van der Waals surface area contributed by atoms with E-state index >= 15 is 0 Å². The van der Waals surface area contributed by atoms with E-state index in [2.05, 4.69) is 16.6 Å². The highest BCUT2D eigenvalue weighted by atomic mass is 19.4. The molecule has 2 heterocycles. The first-order chi connectivity index (χ1) is 26.2. The maximum absolute atomic E-state index is 13.8. The van der Waals surface area contributed by atoms with Crippen molar-refractivity contribution < 1.29 is 56.8 Å². The van der Waals surface area contributed by atoms with Crippen molar-refractivity contribution in [2.75, 3.05) is 13.6 Å². The Hall–Kier alpha value is -3.45. The fourth-order valence-electron chi connectivity index (χ4n) is 9.35. The first-order valence-corrected chi connectivity index (χ1v) is 20.4. The van der Waals surface area contributed by atoms with Crippen LogP contribution in [0.4, 0.5) is 13.2 Å². The molecule has 55 heavy (non-hydrogen) atoms. The molecule has 10 nitrogen and oxygen atoms in total. The molecule has 306 valence electrons. The minimum Gasteiger partial charge on any atom is -0.504 e. The normalized spacial score (nSPS) is 24.4. The van der Waals surface area contributed by atoms with E-state index in [0.717, 1.165) is 31.2 Å². The Labute approximate surface area is 322 Å². The Bertz CT molecular complexity index is 1580. The van der Waals surface area contributed by atoms with Crippen LogP contribution in [0.2, 0.25) is 0 Å². The second kappa shape index (κ2) is 18.7. The quantitative estimate of drug-likeness (QED) is 0.0675. The fourth-order valence-corrected chi connectivity index (χ4v) is 9.35. The third-order valence-electron chi connectivity index (χ3n) is 12.3. The Morgan fingerprint density at radius 3 is 2.13 bits per heavy atom. The topological polar surface area (TPSA) is 140 Å². The lowest BCUT2D eigenvalue weighted by Crippen LogP contribution is -2.74. The van der Waals surface area contributed by atoms with Crippen molar-refractivity contribution in [1.82, 2.24) is 4.90 Å². The lowest BCUT2D eigenvalue weighted by molar-refractivity contribution is -0.202. The molecule has 1 fully saturated rings. The van der Waals surface area contributed by atoms with E-state index in [0.29, 0.717) is 31.4 Å². The van der Waals surface area contributed by atoms with Crippen molar-refractivity contribution in [1.29, 1.82) is 0 Å². The number of carbonyl (C=O) groups excluding carboxylic acids is 4. The van der Waals surface area contributed by atoms with E-state index in [9.17, 15) is 42.6 Å². The molecule has 5 rings (SSSR count). The monoisotopic (exact) mass is 777 g/mol. The Kier molecular flexibility index (Phi) is 14.5. The zero-order valence-corrected chi connectivity index (χ0v) is 32.4. The maximum Gasteiger partial charge on any atom is 0.491 e. The first-order valence-electron chi connectivity index (χ1n) is 20.4. The summed E-state index contributed by atoms with van der Waals surface area (Å²) in [4.78, 5) is 52.8. The number of halogens is 3. The van der Waals surface area contributed by atoms with Crippen molar-refractivity contribution in [2.45, 2.75) is 171 Å². The number of hydrogen-bond donors (Lipinski definition) is 2. The maximum atomic E-state index is 13.8. The largest absolute Gasteiger partial charge is 0.504 e. The zero-order valence-electron chi connectivity index (χ0n) is 32.4. The number of aromatic hydroxyl groups is 1. The number of likely N-dealkylation sites (N-methyl/N-ethyl adjacent to an activating group) is 1. The van der Waals surface area contributed by atoms with Crippen molar-refractivity contribution in [3.63, 3.8) is 0 Å². The number of ether oxygens (including phenoxy) is 3. The number of carbonyl (C=O) groups is 4. The summed E-state index contributed by atoms with van der Waals surface area (Å²) in [5.41, 5.74) is -0.858. The average Bonchev–Trinajstić information content (AvgIpc) is 3.49.